The number of carbonyl (C=O) groups is 1. The normalized spacial score (nSPS) is 11.8. The van der Waals surface area contributed by atoms with E-state index in [0.29, 0.717) is 18.5 Å². The van der Waals surface area contributed by atoms with Crippen LogP contribution in [0.3, 0.4) is 0 Å². The third-order valence-corrected chi connectivity index (χ3v) is 4.23. The molecule has 0 aromatic carbocycles. The van der Waals surface area contributed by atoms with E-state index >= 15 is 0 Å². The van der Waals surface area contributed by atoms with Gasteiger partial charge in [-0.1, -0.05) is 20.8 Å². The van der Waals surface area contributed by atoms with Crippen LogP contribution in [0.5, 0.6) is 0 Å². The topological polar surface area (TPSA) is 20.3 Å². The molecule has 1 heterocycles. The summed E-state index contributed by atoms with van der Waals surface area (Å²) in [5, 5.41) is 0. The number of carbonyl (C=O) groups excluding carboxylic acids is 1. The smallest absolute Gasteiger partial charge is 0.186 e. The van der Waals surface area contributed by atoms with E-state index in [0.717, 1.165) is 17.8 Å². The van der Waals surface area contributed by atoms with Crippen molar-refractivity contribution in [1.82, 2.24) is 4.90 Å². The third-order valence-electron chi connectivity index (χ3n) is 2.96. The first-order chi connectivity index (χ1) is 8.43. The van der Waals surface area contributed by atoms with E-state index in [1.165, 1.54) is 4.88 Å². The largest absolute Gasteiger partial charge is 0.293 e. The van der Waals surface area contributed by atoms with Crippen LogP contribution in [0.25, 0.3) is 0 Å². The van der Waals surface area contributed by atoms with E-state index < -0.39 is 0 Å². The number of rotatable bonds is 7. The molecule has 18 heavy (non-hydrogen) atoms. The van der Waals surface area contributed by atoms with Gasteiger partial charge in [0.15, 0.2) is 5.78 Å². The van der Waals surface area contributed by atoms with Crippen LogP contribution in [0.2, 0.25) is 0 Å². The van der Waals surface area contributed by atoms with Gasteiger partial charge in [-0.2, -0.15) is 0 Å². The van der Waals surface area contributed by atoms with E-state index in [9.17, 15) is 4.79 Å². The summed E-state index contributed by atoms with van der Waals surface area (Å²) in [6.07, 6.45) is 1.01. The molecule has 2 nitrogen and oxygen atoms in total. The quantitative estimate of drug-likeness (QED) is 0.699. The van der Waals surface area contributed by atoms with Crippen LogP contribution in [0.4, 0.5) is 0 Å². The van der Waals surface area contributed by atoms with Crippen molar-refractivity contribution in [2.75, 3.05) is 13.1 Å². The fourth-order valence-electron chi connectivity index (χ4n) is 1.91. The van der Waals surface area contributed by atoms with E-state index in [4.69, 9.17) is 0 Å². The van der Waals surface area contributed by atoms with Crippen molar-refractivity contribution in [2.45, 2.75) is 47.1 Å². The molecule has 0 aliphatic carbocycles. The minimum atomic E-state index is 0.258. The number of thiophene rings is 1. The first-order valence-electron chi connectivity index (χ1n) is 6.80. The van der Waals surface area contributed by atoms with Crippen molar-refractivity contribution in [3.05, 3.63) is 21.9 Å². The Morgan fingerprint density at radius 3 is 2.39 bits per heavy atom. The number of hydrogen-bond acceptors (Lipinski definition) is 3. The summed E-state index contributed by atoms with van der Waals surface area (Å²) in [5.74, 6) is 0.851. The van der Waals surface area contributed by atoms with Crippen LogP contribution >= 0.6 is 11.3 Å². The molecule has 102 valence electrons. The SMILES string of the molecule is CCc1ccc(C(=O)CN(CC(C)C)C(C)C)s1. The van der Waals surface area contributed by atoms with E-state index in [2.05, 4.69) is 45.6 Å². The Morgan fingerprint density at radius 2 is 1.94 bits per heavy atom. The molecule has 0 atom stereocenters. The maximum atomic E-state index is 12.2. The number of hydrogen-bond donors (Lipinski definition) is 0. The average Bonchev–Trinajstić information content (AvgIpc) is 2.75. The maximum Gasteiger partial charge on any atom is 0.186 e. The van der Waals surface area contributed by atoms with Gasteiger partial charge in [0.05, 0.1) is 11.4 Å². The number of ketones is 1. The Hall–Kier alpha value is -0.670. The van der Waals surface area contributed by atoms with Crippen molar-refractivity contribution in [3.8, 4) is 0 Å². The molecule has 0 radical (unpaired) electrons. The second kappa shape index (κ2) is 7.05. The zero-order valence-electron chi connectivity index (χ0n) is 12.2. The Balaban J connectivity index is 2.66. The zero-order valence-corrected chi connectivity index (χ0v) is 13.0. The van der Waals surface area contributed by atoms with Gasteiger partial charge in [-0.15, -0.1) is 11.3 Å². The van der Waals surface area contributed by atoms with E-state index in [1.807, 2.05) is 6.07 Å². The second-order valence-electron chi connectivity index (χ2n) is 5.46. The summed E-state index contributed by atoms with van der Waals surface area (Å²) in [5.41, 5.74) is 0. The monoisotopic (exact) mass is 267 g/mol. The van der Waals surface area contributed by atoms with Crippen LogP contribution < -0.4 is 0 Å². The highest BCUT2D eigenvalue weighted by Crippen LogP contribution is 2.18. The van der Waals surface area contributed by atoms with Crippen LogP contribution in [0, 0.1) is 5.92 Å². The molecule has 0 saturated carbocycles. The average molecular weight is 267 g/mol. The van der Waals surface area contributed by atoms with Gasteiger partial charge in [-0.05, 0) is 38.3 Å². The summed E-state index contributed by atoms with van der Waals surface area (Å²) in [6, 6.07) is 4.46. The van der Waals surface area contributed by atoms with Crippen molar-refractivity contribution in [3.63, 3.8) is 0 Å². The van der Waals surface area contributed by atoms with Gasteiger partial charge >= 0.3 is 0 Å². The summed E-state index contributed by atoms with van der Waals surface area (Å²) in [6.45, 7) is 12.3. The van der Waals surface area contributed by atoms with Gasteiger partial charge in [-0.3, -0.25) is 9.69 Å². The van der Waals surface area contributed by atoms with Gasteiger partial charge in [0.25, 0.3) is 0 Å². The van der Waals surface area contributed by atoms with Gasteiger partial charge < -0.3 is 0 Å². The predicted molar refractivity (Wildman–Crippen MR) is 79.6 cm³/mol. The molecular formula is C15H25NOS. The van der Waals surface area contributed by atoms with Crippen molar-refractivity contribution < 1.29 is 4.79 Å². The minimum Gasteiger partial charge on any atom is -0.293 e. The Labute approximate surface area is 115 Å². The van der Waals surface area contributed by atoms with E-state index in [-0.39, 0.29) is 5.78 Å². The maximum absolute atomic E-state index is 12.2. The first kappa shape index (κ1) is 15.4. The molecule has 0 saturated heterocycles. The van der Waals surface area contributed by atoms with Crippen LogP contribution in [-0.4, -0.2) is 29.8 Å². The van der Waals surface area contributed by atoms with Crippen molar-refractivity contribution in [2.24, 2.45) is 5.92 Å². The van der Waals surface area contributed by atoms with Crippen LogP contribution in [0.1, 0.15) is 49.2 Å². The molecule has 1 aromatic heterocycles. The standard InChI is InChI=1S/C15H25NOS/c1-6-13-7-8-15(18-13)14(17)10-16(12(4)5)9-11(2)3/h7-8,11-12H,6,9-10H2,1-5H3. The minimum absolute atomic E-state index is 0.258. The molecular weight excluding hydrogens is 242 g/mol. The molecule has 1 aromatic rings. The number of Topliss-reactive ketones (excluding diaryl/α,β-unsaturated/α-hetero) is 1. The molecule has 0 bridgehead atoms. The summed E-state index contributed by atoms with van der Waals surface area (Å²) >= 11 is 1.64. The lowest BCUT2D eigenvalue weighted by molar-refractivity contribution is 0.0897. The highest BCUT2D eigenvalue weighted by molar-refractivity contribution is 7.14. The fourth-order valence-corrected chi connectivity index (χ4v) is 2.78. The van der Waals surface area contributed by atoms with Crippen LogP contribution in [-0.2, 0) is 6.42 Å². The molecule has 0 fully saturated rings. The zero-order chi connectivity index (χ0) is 13.7. The highest BCUT2D eigenvalue weighted by Gasteiger charge is 2.17. The predicted octanol–water partition coefficient (Wildman–Crippen LogP) is 3.86. The van der Waals surface area contributed by atoms with E-state index in [1.54, 1.807) is 11.3 Å². The molecule has 0 N–H and O–H groups in total. The lowest BCUT2D eigenvalue weighted by Gasteiger charge is -2.27. The Morgan fingerprint density at radius 1 is 1.28 bits per heavy atom. The Bertz CT molecular complexity index is 382. The lowest BCUT2D eigenvalue weighted by atomic mass is 10.1. The van der Waals surface area contributed by atoms with Gasteiger partial charge in [0.1, 0.15) is 0 Å². The van der Waals surface area contributed by atoms with Crippen molar-refractivity contribution >= 4 is 17.1 Å². The summed E-state index contributed by atoms with van der Waals surface area (Å²) in [4.78, 5) is 16.7. The molecule has 0 aliphatic rings. The van der Waals surface area contributed by atoms with Crippen LogP contribution in [0.15, 0.2) is 12.1 Å². The van der Waals surface area contributed by atoms with Gasteiger partial charge in [0.2, 0.25) is 0 Å². The molecule has 0 unspecified atom stereocenters. The van der Waals surface area contributed by atoms with Crippen molar-refractivity contribution in [1.29, 1.82) is 0 Å². The third kappa shape index (κ3) is 4.54. The van der Waals surface area contributed by atoms with Gasteiger partial charge in [-0.25, -0.2) is 0 Å². The Kier molecular flexibility index (Phi) is 6.03. The second-order valence-corrected chi connectivity index (χ2v) is 6.63. The molecule has 1 rings (SSSR count). The fraction of sp³-hybridized carbons (Fsp3) is 0.667. The highest BCUT2D eigenvalue weighted by atomic mass is 32.1. The number of aryl methyl sites for hydroxylation is 1. The number of nitrogens with zero attached hydrogens (tertiary/aromatic N) is 1. The summed E-state index contributed by atoms with van der Waals surface area (Å²) < 4.78 is 0. The van der Waals surface area contributed by atoms with Gasteiger partial charge in [0, 0.05) is 17.5 Å². The molecule has 0 spiro atoms. The molecule has 0 aliphatic heterocycles. The molecule has 0 amide bonds. The first-order valence-corrected chi connectivity index (χ1v) is 7.61. The molecule has 3 heteroatoms. The lowest BCUT2D eigenvalue weighted by Crippen LogP contribution is -2.38. The summed E-state index contributed by atoms with van der Waals surface area (Å²) in [7, 11) is 0.